The first-order valence-electron chi connectivity index (χ1n) is 16.9. The average Bonchev–Trinajstić information content (AvgIpc) is 2.93. The molecule has 0 aromatic heterocycles. The van der Waals surface area contributed by atoms with E-state index >= 15 is 0 Å². The van der Waals surface area contributed by atoms with E-state index in [2.05, 4.69) is 47.6 Å². The number of rotatable bonds is 3. The van der Waals surface area contributed by atoms with Crippen LogP contribution in [-0.2, 0) is 4.74 Å². The van der Waals surface area contributed by atoms with Gasteiger partial charge in [-0.2, -0.15) is 0 Å². The molecule has 5 aliphatic carbocycles. The largest absolute Gasteiger partial charge is 0.394 e. The topological polar surface area (TPSA) is 131 Å². The highest BCUT2D eigenvalue weighted by Gasteiger charge is 2.66. The number of aliphatic hydroxyl groups excluding tert-OH is 6. The molecule has 0 radical (unpaired) electrons. The maximum atomic E-state index is 12.2. The molecule has 42 heavy (non-hydrogen) atoms. The SMILES string of the molecule is CC1(C)CC[C@]2(C(O)[C@@H]3OC(CO)[C@H](O)C(O)C3O)CCC3C(=CCC4[C@@]3(C)CCC3C(C)(C)[C@@H](O)CC[C@@]34C)C2C1. The Morgan fingerprint density at radius 3 is 2.17 bits per heavy atom. The number of ether oxygens (including phenoxy) is 1. The zero-order valence-electron chi connectivity index (χ0n) is 26.8. The molecule has 7 heteroatoms. The monoisotopic (exact) mass is 590 g/mol. The fraction of sp³-hybridized carbons (Fsp3) is 0.943. The lowest BCUT2D eigenvalue weighted by molar-refractivity contribution is -0.270. The number of hydrogen-bond acceptors (Lipinski definition) is 7. The van der Waals surface area contributed by atoms with E-state index in [1.165, 1.54) is 5.57 Å². The van der Waals surface area contributed by atoms with Crippen molar-refractivity contribution in [2.45, 2.75) is 148 Å². The van der Waals surface area contributed by atoms with Gasteiger partial charge < -0.3 is 35.4 Å². The minimum Gasteiger partial charge on any atom is -0.394 e. The molecule has 0 amide bonds. The highest BCUT2D eigenvalue weighted by Crippen LogP contribution is 2.72. The third kappa shape index (κ3) is 4.30. The van der Waals surface area contributed by atoms with E-state index in [1.807, 2.05) is 0 Å². The predicted molar refractivity (Wildman–Crippen MR) is 160 cm³/mol. The Balaban J connectivity index is 1.36. The molecule has 1 saturated heterocycles. The van der Waals surface area contributed by atoms with Crippen LogP contribution in [0.4, 0.5) is 0 Å². The first-order chi connectivity index (χ1) is 19.5. The summed E-state index contributed by atoms with van der Waals surface area (Å²) in [5.74, 6) is 1.66. The van der Waals surface area contributed by atoms with Crippen molar-refractivity contribution < 1.29 is 35.4 Å². The van der Waals surface area contributed by atoms with Crippen LogP contribution >= 0.6 is 0 Å². The summed E-state index contributed by atoms with van der Waals surface area (Å²) in [4.78, 5) is 0. The molecule has 8 unspecified atom stereocenters. The van der Waals surface area contributed by atoms with Crippen molar-refractivity contribution in [3.63, 3.8) is 0 Å². The molecule has 0 aromatic carbocycles. The van der Waals surface area contributed by atoms with Gasteiger partial charge in [-0.3, -0.25) is 0 Å². The standard InChI is InChI=1S/C35H58O7/c1-31(2)15-16-35(30(41)29-28(40)27(39)26(38)22(18-36)42-29)14-9-20-19(21(35)17-31)7-8-24-33(20,5)12-10-23-32(3,4)25(37)11-13-34(23,24)6/h7,20-30,36-41H,8-18H2,1-6H3/t20?,21?,22?,23?,24?,25-,26-,27?,28?,29+,30?,33-,34-,35+/m0/s1. The van der Waals surface area contributed by atoms with Crippen LogP contribution in [-0.4, -0.2) is 80.0 Å². The lowest BCUT2D eigenvalue weighted by Crippen LogP contribution is -2.66. The van der Waals surface area contributed by atoms with Crippen molar-refractivity contribution in [3.8, 4) is 0 Å². The van der Waals surface area contributed by atoms with Crippen LogP contribution in [0.25, 0.3) is 0 Å². The second-order valence-corrected chi connectivity index (χ2v) is 17.5. The van der Waals surface area contributed by atoms with Crippen molar-refractivity contribution in [1.29, 1.82) is 0 Å². The summed E-state index contributed by atoms with van der Waals surface area (Å²) in [7, 11) is 0. The smallest absolute Gasteiger partial charge is 0.113 e. The van der Waals surface area contributed by atoms with E-state index in [4.69, 9.17) is 4.74 Å². The lowest BCUT2D eigenvalue weighted by Gasteiger charge is -2.68. The molecule has 6 aliphatic rings. The normalized spacial score (nSPS) is 54.0. The van der Waals surface area contributed by atoms with Gasteiger partial charge in [-0.15, -0.1) is 0 Å². The predicted octanol–water partition coefficient (Wildman–Crippen LogP) is 3.96. The van der Waals surface area contributed by atoms with Crippen LogP contribution in [0.3, 0.4) is 0 Å². The quantitative estimate of drug-likeness (QED) is 0.274. The summed E-state index contributed by atoms with van der Waals surface area (Å²) in [5, 5.41) is 65.0. The molecule has 4 saturated carbocycles. The Kier molecular flexibility index (Phi) is 7.66. The van der Waals surface area contributed by atoms with Crippen molar-refractivity contribution in [2.24, 2.45) is 50.7 Å². The van der Waals surface area contributed by atoms with Gasteiger partial charge in [-0.25, -0.2) is 0 Å². The average molecular weight is 591 g/mol. The lowest BCUT2D eigenvalue weighted by atomic mass is 9.36. The molecule has 0 aromatic rings. The Bertz CT molecular complexity index is 1070. The van der Waals surface area contributed by atoms with E-state index in [0.717, 1.165) is 64.2 Å². The molecule has 6 rings (SSSR count). The fourth-order valence-electron chi connectivity index (χ4n) is 12.2. The molecular formula is C35H58O7. The summed E-state index contributed by atoms with van der Waals surface area (Å²) >= 11 is 0. The van der Waals surface area contributed by atoms with E-state index in [-0.39, 0.29) is 33.7 Å². The summed E-state index contributed by atoms with van der Waals surface area (Å²) in [6, 6.07) is 0. The molecule has 0 spiro atoms. The molecule has 1 aliphatic heterocycles. The maximum Gasteiger partial charge on any atom is 0.113 e. The minimum absolute atomic E-state index is 0.0804. The third-order valence-electron chi connectivity index (χ3n) is 14.7. The second kappa shape index (κ2) is 10.2. The number of allylic oxidation sites excluding steroid dienone is 2. The van der Waals surface area contributed by atoms with Crippen molar-refractivity contribution in [1.82, 2.24) is 0 Å². The first kappa shape index (κ1) is 31.4. The first-order valence-corrected chi connectivity index (χ1v) is 16.9. The van der Waals surface area contributed by atoms with E-state index in [9.17, 15) is 30.6 Å². The zero-order valence-corrected chi connectivity index (χ0v) is 26.8. The summed E-state index contributed by atoms with van der Waals surface area (Å²) in [6.07, 6.45) is 4.71. The highest BCUT2D eigenvalue weighted by atomic mass is 16.6. The van der Waals surface area contributed by atoms with E-state index in [1.54, 1.807) is 0 Å². The van der Waals surface area contributed by atoms with Gasteiger partial charge in [0, 0.05) is 5.41 Å². The van der Waals surface area contributed by atoms with Crippen LogP contribution in [0.2, 0.25) is 0 Å². The Morgan fingerprint density at radius 2 is 1.48 bits per heavy atom. The summed E-state index contributed by atoms with van der Waals surface area (Å²) in [6.45, 7) is 13.8. The highest BCUT2D eigenvalue weighted by molar-refractivity contribution is 5.30. The van der Waals surface area contributed by atoms with Gasteiger partial charge in [0.05, 0.1) is 18.8 Å². The van der Waals surface area contributed by atoms with E-state index in [0.29, 0.717) is 17.8 Å². The van der Waals surface area contributed by atoms with Crippen LogP contribution in [0.1, 0.15) is 106 Å². The Morgan fingerprint density at radius 1 is 0.786 bits per heavy atom. The number of hydrogen-bond donors (Lipinski definition) is 6. The third-order valence-corrected chi connectivity index (χ3v) is 14.7. The minimum atomic E-state index is -1.48. The molecular weight excluding hydrogens is 532 g/mol. The van der Waals surface area contributed by atoms with Crippen LogP contribution in [0.5, 0.6) is 0 Å². The Hall–Kier alpha value is -0.540. The van der Waals surface area contributed by atoms with Gasteiger partial charge in [-0.05, 0) is 110 Å². The van der Waals surface area contributed by atoms with Gasteiger partial charge in [0.15, 0.2) is 0 Å². The van der Waals surface area contributed by atoms with Gasteiger partial charge in [0.25, 0.3) is 0 Å². The van der Waals surface area contributed by atoms with Gasteiger partial charge in [-0.1, -0.05) is 53.2 Å². The van der Waals surface area contributed by atoms with Crippen LogP contribution < -0.4 is 0 Å². The van der Waals surface area contributed by atoms with Crippen molar-refractivity contribution in [3.05, 3.63) is 11.6 Å². The van der Waals surface area contributed by atoms with Gasteiger partial charge in [0.1, 0.15) is 30.5 Å². The van der Waals surface area contributed by atoms with Crippen molar-refractivity contribution >= 4 is 0 Å². The molecule has 1 heterocycles. The molecule has 0 bridgehead atoms. The molecule has 240 valence electrons. The van der Waals surface area contributed by atoms with Gasteiger partial charge >= 0.3 is 0 Å². The Labute approximate surface area is 252 Å². The van der Waals surface area contributed by atoms with Crippen LogP contribution in [0, 0.1) is 50.7 Å². The summed E-state index contributed by atoms with van der Waals surface area (Å²) in [5.41, 5.74) is 1.39. The van der Waals surface area contributed by atoms with Gasteiger partial charge in [0.2, 0.25) is 0 Å². The van der Waals surface area contributed by atoms with Crippen LogP contribution in [0.15, 0.2) is 11.6 Å². The number of fused-ring (bicyclic) bond motifs is 7. The second-order valence-electron chi connectivity index (χ2n) is 17.5. The fourth-order valence-corrected chi connectivity index (χ4v) is 12.2. The molecule has 5 fully saturated rings. The van der Waals surface area contributed by atoms with E-state index < -0.39 is 48.6 Å². The zero-order chi connectivity index (χ0) is 30.6. The summed E-state index contributed by atoms with van der Waals surface area (Å²) < 4.78 is 5.98. The maximum absolute atomic E-state index is 12.2. The molecule has 7 nitrogen and oxygen atoms in total. The molecule has 6 N–H and O–H groups in total. The van der Waals surface area contributed by atoms with Crippen molar-refractivity contribution in [2.75, 3.05) is 6.61 Å². The number of aliphatic hydroxyl groups is 6. The molecule has 14 atom stereocenters.